The lowest BCUT2D eigenvalue weighted by atomic mass is 9.96. The fourth-order valence-corrected chi connectivity index (χ4v) is 3.20. The van der Waals surface area contributed by atoms with Gasteiger partial charge in [0.15, 0.2) is 5.96 Å². The summed E-state index contributed by atoms with van der Waals surface area (Å²) in [6.45, 7) is 13.7. The molecule has 1 aliphatic heterocycles. The number of guanidine groups is 1. The van der Waals surface area contributed by atoms with E-state index in [2.05, 4.69) is 55.4 Å². The summed E-state index contributed by atoms with van der Waals surface area (Å²) in [4.78, 5) is 7.35. The minimum absolute atomic E-state index is 0.0305. The molecular formula is C21H36N4O. The third kappa shape index (κ3) is 7.24. The average Bonchev–Trinajstić information content (AvgIpc) is 2.60. The van der Waals surface area contributed by atoms with Crippen LogP contribution >= 0.6 is 0 Å². The molecule has 2 N–H and O–H groups in total. The second-order valence-electron chi connectivity index (χ2n) is 8.16. The Balaban J connectivity index is 1.78. The van der Waals surface area contributed by atoms with E-state index in [9.17, 15) is 0 Å². The van der Waals surface area contributed by atoms with Crippen LogP contribution in [-0.2, 0) is 6.54 Å². The molecule has 1 fully saturated rings. The quantitative estimate of drug-likeness (QED) is 0.604. The van der Waals surface area contributed by atoms with Crippen molar-refractivity contribution in [3.05, 3.63) is 29.8 Å². The predicted molar refractivity (Wildman–Crippen MR) is 110 cm³/mol. The number of aliphatic imine (C=N–C) groups is 1. The molecule has 0 spiro atoms. The summed E-state index contributed by atoms with van der Waals surface area (Å²) >= 11 is 0. The van der Waals surface area contributed by atoms with Crippen molar-refractivity contribution in [3.8, 4) is 5.75 Å². The zero-order chi connectivity index (χ0) is 19.0. The van der Waals surface area contributed by atoms with E-state index in [1.165, 1.54) is 18.4 Å². The van der Waals surface area contributed by atoms with E-state index in [1.807, 2.05) is 12.1 Å². The van der Waals surface area contributed by atoms with Crippen LogP contribution in [0.4, 0.5) is 0 Å². The fourth-order valence-electron chi connectivity index (χ4n) is 3.20. The third-order valence-corrected chi connectivity index (χ3v) is 4.62. The number of benzene rings is 1. The number of hydrogen-bond donors (Lipinski definition) is 2. The number of methoxy groups -OCH3 is 1. The molecule has 1 aromatic carbocycles. The fraction of sp³-hybridized carbons (Fsp3) is 0.667. The standard InChI is InChI=1S/C21H36N4O/c1-6-22-20(24-21(2,3)4)23-15-17-11-13-25(14-12-17)16-18-7-9-19(26-5)10-8-18/h7-10,17H,6,11-16H2,1-5H3,(H2,22,23,24). The summed E-state index contributed by atoms with van der Waals surface area (Å²) in [5.74, 6) is 2.53. The van der Waals surface area contributed by atoms with Crippen LogP contribution in [-0.4, -0.2) is 49.7 Å². The van der Waals surface area contributed by atoms with Gasteiger partial charge in [-0.2, -0.15) is 0 Å². The Morgan fingerprint density at radius 2 is 1.85 bits per heavy atom. The van der Waals surface area contributed by atoms with E-state index in [4.69, 9.17) is 9.73 Å². The van der Waals surface area contributed by atoms with Crippen LogP contribution in [0.5, 0.6) is 5.75 Å². The Morgan fingerprint density at radius 3 is 2.38 bits per heavy atom. The van der Waals surface area contributed by atoms with Crippen molar-refractivity contribution in [2.75, 3.05) is 33.3 Å². The number of ether oxygens (including phenoxy) is 1. The van der Waals surface area contributed by atoms with Gasteiger partial charge < -0.3 is 15.4 Å². The molecule has 1 aliphatic rings. The number of rotatable bonds is 6. The van der Waals surface area contributed by atoms with Crippen molar-refractivity contribution in [1.82, 2.24) is 15.5 Å². The summed E-state index contributed by atoms with van der Waals surface area (Å²) in [6.07, 6.45) is 2.43. The largest absolute Gasteiger partial charge is 0.497 e. The van der Waals surface area contributed by atoms with Crippen molar-refractivity contribution in [2.24, 2.45) is 10.9 Å². The first-order valence-electron chi connectivity index (χ1n) is 9.81. The topological polar surface area (TPSA) is 48.9 Å². The Bertz CT molecular complexity index is 554. The number of piperidine rings is 1. The van der Waals surface area contributed by atoms with Crippen molar-refractivity contribution >= 4 is 5.96 Å². The van der Waals surface area contributed by atoms with Gasteiger partial charge in [-0.05, 0) is 77.2 Å². The first-order valence-corrected chi connectivity index (χ1v) is 9.81. The van der Waals surface area contributed by atoms with Gasteiger partial charge in [-0.25, -0.2) is 0 Å². The van der Waals surface area contributed by atoms with Crippen molar-refractivity contribution in [3.63, 3.8) is 0 Å². The van der Waals surface area contributed by atoms with E-state index >= 15 is 0 Å². The molecule has 0 bridgehead atoms. The maximum atomic E-state index is 5.23. The number of likely N-dealkylation sites (tertiary alicyclic amines) is 1. The average molecular weight is 361 g/mol. The monoisotopic (exact) mass is 360 g/mol. The van der Waals surface area contributed by atoms with Gasteiger partial charge in [-0.1, -0.05) is 12.1 Å². The van der Waals surface area contributed by atoms with Crippen LogP contribution < -0.4 is 15.4 Å². The minimum Gasteiger partial charge on any atom is -0.497 e. The van der Waals surface area contributed by atoms with Gasteiger partial charge in [0, 0.05) is 25.2 Å². The molecule has 1 saturated heterocycles. The molecule has 2 rings (SSSR count). The lowest BCUT2D eigenvalue weighted by molar-refractivity contribution is 0.180. The summed E-state index contributed by atoms with van der Waals surface area (Å²) in [7, 11) is 1.71. The smallest absolute Gasteiger partial charge is 0.191 e. The number of nitrogens with one attached hydrogen (secondary N) is 2. The lowest BCUT2D eigenvalue weighted by Gasteiger charge is -2.31. The third-order valence-electron chi connectivity index (χ3n) is 4.62. The van der Waals surface area contributed by atoms with Gasteiger partial charge in [0.05, 0.1) is 7.11 Å². The Kier molecular flexibility index (Phi) is 7.76. The second-order valence-corrected chi connectivity index (χ2v) is 8.16. The van der Waals surface area contributed by atoms with Crippen LogP contribution in [0.3, 0.4) is 0 Å². The van der Waals surface area contributed by atoms with Gasteiger partial charge in [0.25, 0.3) is 0 Å². The van der Waals surface area contributed by atoms with E-state index in [0.29, 0.717) is 5.92 Å². The maximum absolute atomic E-state index is 5.23. The highest BCUT2D eigenvalue weighted by Gasteiger charge is 2.19. The highest BCUT2D eigenvalue weighted by Crippen LogP contribution is 2.20. The first-order chi connectivity index (χ1) is 12.4. The maximum Gasteiger partial charge on any atom is 0.191 e. The van der Waals surface area contributed by atoms with Gasteiger partial charge in [-0.15, -0.1) is 0 Å². The molecule has 0 radical (unpaired) electrons. The molecular weight excluding hydrogens is 324 g/mol. The Morgan fingerprint density at radius 1 is 1.19 bits per heavy atom. The highest BCUT2D eigenvalue weighted by atomic mass is 16.5. The molecule has 5 heteroatoms. The van der Waals surface area contributed by atoms with Gasteiger partial charge >= 0.3 is 0 Å². The van der Waals surface area contributed by atoms with Crippen molar-refractivity contribution < 1.29 is 4.74 Å². The number of hydrogen-bond acceptors (Lipinski definition) is 3. The molecule has 1 aromatic rings. The van der Waals surface area contributed by atoms with Gasteiger partial charge in [0.2, 0.25) is 0 Å². The normalized spacial score (nSPS) is 17.2. The lowest BCUT2D eigenvalue weighted by Crippen LogP contribution is -2.47. The molecule has 0 aliphatic carbocycles. The first kappa shape index (κ1) is 20.6. The summed E-state index contributed by atoms with van der Waals surface area (Å²) < 4.78 is 5.23. The molecule has 1 heterocycles. The van der Waals surface area contributed by atoms with E-state index < -0.39 is 0 Å². The molecule has 0 atom stereocenters. The van der Waals surface area contributed by atoms with Crippen molar-refractivity contribution in [1.29, 1.82) is 0 Å². The molecule has 0 saturated carbocycles. The van der Waals surface area contributed by atoms with Crippen LogP contribution in [0.2, 0.25) is 0 Å². The van der Waals surface area contributed by atoms with E-state index in [1.54, 1.807) is 7.11 Å². The molecule has 5 nitrogen and oxygen atoms in total. The van der Waals surface area contributed by atoms with Crippen LogP contribution in [0.25, 0.3) is 0 Å². The molecule has 26 heavy (non-hydrogen) atoms. The minimum atomic E-state index is 0.0305. The molecule has 0 unspecified atom stereocenters. The van der Waals surface area contributed by atoms with E-state index in [-0.39, 0.29) is 5.54 Å². The van der Waals surface area contributed by atoms with Gasteiger partial charge in [0.1, 0.15) is 5.75 Å². The zero-order valence-corrected chi connectivity index (χ0v) is 17.1. The molecule has 146 valence electrons. The van der Waals surface area contributed by atoms with Crippen LogP contribution in [0.15, 0.2) is 29.3 Å². The molecule has 0 aromatic heterocycles. The van der Waals surface area contributed by atoms with Crippen LogP contribution in [0, 0.1) is 5.92 Å². The highest BCUT2D eigenvalue weighted by molar-refractivity contribution is 5.80. The zero-order valence-electron chi connectivity index (χ0n) is 17.1. The summed E-state index contributed by atoms with van der Waals surface area (Å²) in [6, 6.07) is 8.41. The summed E-state index contributed by atoms with van der Waals surface area (Å²) in [5.41, 5.74) is 1.38. The Hall–Kier alpha value is -1.75. The van der Waals surface area contributed by atoms with E-state index in [0.717, 1.165) is 44.4 Å². The van der Waals surface area contributed by atoms with Gasteiger partial charge in [-0.3, -0.25) is 9.89 Å². The van der Waals surface area contributed by atoms with Crippen molar-refractivity contribution in [2.45, 2.75) is 52.6 Å². The Labute approximate surface area is 159 Å². The predicted octanol–water partition coefficient (Wildman–Crippen LogP) is 3.26. The number of nitrogens with zero attached hydrogens (tertiary/aromatic N) is 2. The summed E-state index contributed by atoms with van der Waals surface area (Å²) in [5, 5.41) is 6.81. The molecule has 0 amide bonds. The second kappa shape index (κ2) is 9.81. The van der Waals surface area contributed by atoms with Crippen LogP contribution in [0.1, 0.15) is 46.1 Å². The SMILES string of the molecule is CCNC(=NCC1CCN(Cc2ccc(OC)cc2)CC1)NC(C)(C)C.